The molecule has 0 aromatic heterocycles. The highest BCUT2D eigenvalue weighted by Crippen LogP contribution is 2.15. The fourth-order valence-corrected chi connectivity index (χ4v) is 2.90. The largest absolute Gasteiger partial charge is 0.396 e. The van der Waals surface area contributed by atoms with E-state index in [-0.39, 0.29) is 11.5 Å². The summed E-state index contributed by atoms with van der Waals surface area (Å²) in [4.78, 5) is 0.282. The Morgan fingerprint density at radius 3 is 2.45 bits per heavy atom. The topological polar surface area (TPSA) is 66.8 Å². The van der Waals surface area contributed by atoms with E-state index in [2.05, 4.69) is 0 Å². The molecule has 1 aromatic rings. The van der Waals surface area contributed by atoms with Gasteiger partial charge < -0.3 is 9.84 Å². The van der Waals surface area contributed by atoms with E-state index >= 15 is 0 Å². The van der Waals surface area contributed by atoms with Crippen LogP contribution in [0, 0.1) is 0 Å². The molecule has 0 saturated carbocycles. The standard InChI is InChI=1S/C14H23NO4S/c1-3-19-12-10-15(2)20(17,18)14-8-6-13(7-9-14)5-4-11-16/h6-9,16H,3-5,10-12H2,1-2H3. The van der Waals surface area contributed by atoms with Crippen molar-refractivity contribution in [3.05, 3.63) is 29.8 Å². The van der Waals surface area contributed by atoms with Crippen molar-refractivity contribution in [3.8, 4) is 0 Å². The van der Waals surface area contributed by atoms with E-state index in [4.69, 9.17) is 9.84 Å². The van der Waals surface area contributed by atoms with Gasteiger partial charge in [0.2, 0.25) is 10.0 Å². The number of sulfonamides is 1. The number of hydrogen-bond acceptors (Lipinski definition) is 4. The monoisotopic (exact) mass is 301 g/mol. The van der Waals surface area contributed by atoms with E-state index in [1.807, 2.05) is 6.92 Å². The third kappa shape index (κ3) is 4.86. The summed E-state index contributed by atoms with van der Waals surface area (Å²) in [6.07, 6.45) is 1.43. The van der Waals surface area contributed by atoms with Gasteiger partial charge in [0.25, 0.3) is 0 Å². The zero-order valence-electron chi connectivity index (χ0n) is 12.1. The zero-order valence-corrected chi connectivity index (χ0v) is 12.9. The average molecular weight is 301 g/mol. The van der Waals surface area contributed by atoms with Crippen LogP contribution in [0.25, 0.3) is 0 Å². The molecule has 114 valence electrons. The molecule has 1 rings (SSSR count). The molecule has 0 atom stereocenters. The van der Waals surface area contributed by atoms with Crippen molar-refractivity contribution in [2.24, 2.45) is 0 Å². The van der Waals surface area contributed by atoms with Crippen LogP contribution in [0.3, 0.4) is 0 Å². The van der Waals surface area contributed by atoms with Crippen LogP contribution >= 0.6 is 0 Å². The van der Waals surface area contributed by atoms with Crippen LogP contribution in [0.4, 0.5) is 0 Å². The molecule has 6 heteroatoms. The summed E-state index contributed by atoms with van der Waals surface area (Å²) >= 11 is 0. The lowest BCUT2D eigenvalue weighted by Gasteiger charge is -2.17. The zero-order chi connectivity index (χ0) is 15.0. The molecule has 0 heterocycles. The minimum absolute atomic E-state index is 0.139. The van der Waals surface area contributed by atoms with E-state index in [0.29, 0.717) is 26.2 Å². The Labute approximate surface area is 121 Å². The molecule has 0 fully saturated rings. The summed E-state index contributed by atoms with van der Waals surface area (Å²) in [7, 11) is -1.90. The van der Waals surface area contributed by atoms with Crippen LogP contribution in [-0.4, -0.2) is 51.2 Å². The molecule has 0 amide bonds. The molecule has 0 unspecified atom stereocenters. The number of aliphatic hydroxyl groups is 1. The summed E-state index contributed by atoms with van der Waals surface area (Å²) in [5.74, 6) is 0. The van der Waals surface area contributed by atoms with Gasteiger partial charge in [0, 0.05) is 26.8 Å². The summed E-state index contributed by atoms with van der Waals surface area (Å²) in [6, 6.07) is 6.80. The Balaban J connectivity index is 2.71. The van der Waals surface area contributed by atoms with Crippen molar-refractivity contribution >= 4 is 10.0 Å². The lowest BCUT2D eigenvalue weighted by molar-refractivity contribution is 0.138. The first kappa shape index (κ1) is 17.1. The molecule has 20 heavy (non-hydrogen) atoms. The minimum atomic E-state index is -3.45. The van der Waals surface area contributed by atoms with E-state index in [0.717, 1.165) is 12.0 Å². The number of aryl methyl sites for hydroxylation is 1. The number of benzene rings is 1. The predicted molar refractivity (Wildman–Crippen MR) is 78.2 cm³/mol. The van der Waals surface area contributed by atoms with E-state index in [1.54, 1.807) is 31.3 Å². The average Bonchev–Trinajstić information content (AvgIpc) is 2.45. The van der Waals surface area contributed by atoms with E-state index < -0.39 is 10.0 Å². The van der Waals surface area contributed by atoms with Crippen molar-refractivity contribution in [3.63, 3.8) is 0 Å². The Hall–Kier alpha value is -0.950. The Morgan fingerprint density at radius 2 is 1.90 bits per heavy atom. The highest BCUT2D eigenvalue weighted by atomic mass is 32.2. The second-order valence-corrected chi connectivity index (χ2v) is 6.54. The Bertz CT molecular complexity index is 484. The van der Waals surface area contributed by atoms with Gasteiger partial charge in [0.05, 0.1) is 11.5 Å². The Kier molecular flexibility index (Phi) is 7.15. The predicted octanol–water partition coefficient (Wildman–Crippen LogP) is 1.27. The third-order valence-corrected chi connectivity index (χ3v) is 4.88. The maximum atomic E-state index is 12.3. The highest BCUT2D eigenvalue weighted by Gasteiger charge is 2.20. The normalized spacial score (nSPS) is 12.0. The number of rotatable bonds is 9. The van der Waals surface area contributed by atoms with E-state index in [1.165, 1.54) is 4.31 Å². The molecule has 0 bridgehead atoms. The van der Waals surface area contributed by atoms with Gasteiger partial charge in [-0.25, -0.2) is 8.42 Å². The first-order chi connectivity index (χ1) is 9.52. The van der Waals surface area contributed by atoms with Crippen LogP contribution in [0.2, 0.25) is 0 Å². The van der Waals surface area contributed by atoms with Gasteiger partial charge in [-0.15, -0.1) is 0 Å². The molecular weight excluding hydrogens is 278 g/mol. The molecular formula is C14H23NO4S. The molecule has 0 saturated heterocycles. The van der Waals surface area contributed by atoms with Gasteiger partial charge in [-0.2, -0.15) is 4.31 Å². The summed E-state index contributed by atoms with van der Waals surface area (Å²) in [6.45, 7) is 3.32. The first-order valence-electron chi connectivity index (χ1n) is 6.76. The van der Waals surface area contributed by atoms with Gasteiger partial charge >= 0.3 is 0 Å². The molecule has 0 spiro atoms. The number of aliphatic hydroxyl groups excluding tert-OH is 1. The minimum Gasteiger partial charge on any atom is -0.396 e. The van der Waals surface area contributed by atoms with Crippen LogP contribution in [0.1, 0.15) is 18.9 Å². The molecule has 1 N–H and O–H groups in total. The molecule has 0 aliphatic carbocycles. The summed E-state index contributed by atoms with van der Waals surface area (Å²) in [5.41, 5.74) is 1.02. The second kappa shape index (κ2) is 8.36. The number of likely N-dealkylation sites (N-methyl/N-ethyl adjacent to an activating group) is 1. The highest BCUT2D eigenvalue weighted by molar-refractivity contribution is 7.89. The van der Waals surface area contributed by atoms with Crippen LogP contribution in [0.15, 0.2) is 29.2 Å². The van der Waals surface area contributed by atoms with Gasteiger partial charge in [-0.3, -0.25) is 0 Å². The number of nitrogens with zero attached hydrogens (tertiary/aromatic N) is 1. The lowest BCUT2D eigenvalue weighted by Crippen LogP contribution is -2.30. The quantitative estimate of drug-likeness (QED) is 0.698. The van der Waals surface area contributed by atoms with Crippen LogP contribution < -0.4 is 0 Å². The summed E-state index contributed by atoms with van der Waals surface area (Å²) < 4.78 is 31.0. The summed E-state index contributed by atoms with van der Waals surface area (Å²) in [5, 5.41) is 8.77. The van der Waals surface area contributed by atoms with Crippen LogP contribution in [-0.2, 0) is 21.2 Å². The van der Waals surface area contributed by atoms with Crippen molar-refractivity contribution in [2.45, 2.75) is 24.7 Å². The van der Waals surface area contributed by atoms with Crippen molar-refractivity contribution in [1.82, 2.24) is 4.31 Å². The van der Waals surface area contributed by atoms with Gasteiger partial charge in [-0.1, -0.05) is 12.1 Å². The molecule has 1 aromatic carbocycles. The molecule has 0 aliphatic rings. The fraction of sp³-hybridized carbons (Fsp3) is 0.571. The smallest absolute Gasteiger partial charge is 0.242 e. The third-order valence-electron chi connectivity index (χ3n) is 3.01. The maximum absolute atomic E-state index is 12.3. The molecule has 5 nitrogen and oxygen atoms in total. The van der Waals surface area contributed by atoms with Gasteiger partial charge in [-0.05, 0) is 37.5 Å². The molecule has 0 aliphatic heterocycles. The number of hydrogen-bond donors (Lipinski definition) is 1. The van der Waals surface area contributed by atoms with E-state index in [9.17, 15) is 8.42 Å². The maximum Gasteiger partial charge on any atom is 0.242 e. The number of ether oxygens (including phenoxy) is 1. The Morgan fingerprint density at radius 1 is 1.25 bits per heavy atom. The SMILES string of the molecule is CCOCCN(C)S(=O)(=O)c1ccc(CCCO)cc1. The van der Waals surface area contributed by atoms with Gasteiger partial charge in [0.1, 0.15) is 0 Å². The second-order valence-electron chi connectivity index (χ2n) is 4.49. The first-order valence-corrected chi connectivity index (χ1v) is 8.20. The van der Waals surface area contributed by atoms with Crippen molar-refractivity contribution in [2.75, 3.05) is 33.4 Å². The van der Waals surface area contributed by atoms with Crippen LogP contribution in [0.5, 0.6) is 0 Å². The van der Waals surface area contributed by atoms with Crippen molar-refractivity contribution < 1.29 is 18.3 Å². The lowest BCUT2D eigenvalue weighted by atomic mass is 10.1. The van der Waals surface area contributed by atoms with Gasteiger partial charge in [0.15, 0.2) is 0 Å². The molecule has 0 radical (unpaired) electrons. The van der Waals surface area contributed by atoms with Crippen molar-refractivity contribution in [1.29, 1.82) is 0 Å². The fourth-order valence-electron chi connectivity index (χ4n) is 1.75.